The maximum absolute atomic E-state index is 13.5. The highest BCUT2D eigenvalue weighted by Gasteiger charge is 2.28. The van der Waals surface area contributed by atoms with Crippen LogP contribution in [0.3, 0.4) is 0 Å². The molecule has 1 aliphatic heterocycles. The van der Waals surface area contributed by atoms with Gasteiger partial charge in [0, 0.05) is 30.7 Å². The van der Waals surface area contributed by atoms with Crippen molar-refractivity contribution in [2.75, 3.05) is 45.4 Å². The van der Waals surface area contributed by atoms with E-state index in [0.29, 0.717) is 54.4 Å². The fourth-order valence-electron chi connectivity index (χ4n) is 3.52. The lowest BCUT2D eigenvalue weighted by Gasteiger charge is -2.31. The zero-order valence-corrected chi connectivity index (χ0v) is 17.1. The molecular formula is C21H22N2O5S. The van der Waals surface area contributed by atoms with Gasteiger partial charge < -0.3 is 19.1 Å². The predicted molar refractivity (Wildman–Crippen MR) is 110 cm³/mol. The monoisotopic (exact) mass is 414 g/mol. The van der Waals surface area contributed by atoms with Crippen molar-refractivity contribution in [1.29, 1.82) is 0 Å². The second-order valence-electron chi connectivity index (χ2n) is 6.61. The number of methoxy groups -OCH3 is 2. The third-order valence-corrected chi connectivity index (χ3v) is 6.75. The van der Waals surface area contributed by atoms with Gasteiger partial charge in [-0.2, -0.15) is 0 Å². The average Bonchev–Trinajstić information content (AvgIpc) is 2.78. The number of nitrogens with zero attached hydrogens (tertiary/aromatic N) is 2. The molecule has 0 saturated carbocycles. The lowest BCUT2D eigenvalue weighted by molar-refractivity contribution is 0.122. The van der Waals surface area contributed by atoms with Crippen LogP contribution in [-0.2, 0) is 14.6 Å². The van der Waals surface area contributed by atoms with E-state index in [1.165, 1.54) is 6.20 Å². The molecule has 1 saturated heterocycles. The molecule has 0 spiro atoms. The van der Waals surface area contributed by atoms with Gasteiger partial charge in [0.25, 0.3) is 0 Å². The Morgan fingerprint density at radius 2 is 1.66 bits per heavy atom. The van der Waals surface area contributed by atoms with Crippen LogP contribution in [0.1, 0.15) is 0 Å². The van der Waals surface area contributed by atoms with Crippen LogP contribution < -0.4 is 14.4 Å². The summed E-state index contributed by atoms with van der Waals surface area (Å²) in [5.74, 6) is 1.06. The Hall–Kier alpha value is -2.84. The molecule has 0 unspecified atom stereocenters. The predicted octanol–water partition coefficient (Wildman–Crippen LogP) is 2.92. The van der Waals surface area contributed by atoms with E-state index < -0.39 is 9.84 Å². The molecule has 0 radical (unpaired) electrons. The fraction of sp³-hybridized carbons (Fsp3) is 0.286. The second kappa shape index (κ2) is 7.88. The van der Waals surface area contributed by atoms with Gasteiger partial charge in [-0.05, 0) is 18.2 Å². The van der Waals surface area contributed by atoms with Crippen molar-refractivity contribution >= 4 is 26.4 Å². The van der Waals surface area contributed by atoms with E-state index in [4.69, 9.17) is 14.2 Å². The van der Waals surface area contributed by atoms with Crippen molar-refractivity contribution in [2.24, 2.45) is 0 Å². The van der Waals surface area contributed by atoms with Gasteiger partial charge in [0.15, 0.2) is 11.5 Å². The maximum Gasteiger partial charge on any atom is 0.210 e. The quantitative estimate of drug-likeness (QED) is 0.635. The summed E-state index contributed by atoms with van der Waals surface area (Å²) in [7, 11) is -0.655. The lowest BCUT2D eigenvalue weighted by atomic mass is 10.1. The van der Waals surface area contributed by atoms with E-state index in [-0.39, 0.29) is 9.79 Å². The molecule has 0 amide bonds. The molecule has 1 fully saturated rings. The third-order valence-electron chi connectivity index (χ3n) is 4.98. The largest absolute Gasteiger partial charge is 0.493 e. The van der Waals surface area contributed by atoms with Crippen molar-refractivity contribution in [3.05, 3.63) is 48.7 Å². The van der Waals surface area contributed by atoms with Crippen LogP contribution in [0, 0.1) is 0 Å². The second-order valence-corrected chi connectivity index (χ2v) is 8.53. The zero-order chi connectivity index (χ0) is 20.4. The molecule has 0 atom stereocenters. The molecule has 152 valence electrons. The first kappa shape index (κ1) is 19.5. The number of morpholine rings is 1. The minimum Gasteiger partial charge on any atom is -0.493 e. The summed E-state index contributed by atoms with van der Waals surface area (Å²) in [5.41, 5.74) is 1.25. The molecule has 0 aliphatic carbocycles. The Morgan fingerprint density at radius 3 is 2.31 bits per heavy atom. The average molecular weight is 414 g/mol. The highest BCUT2D eigenvalue weighted by Crippen LogP contribution is 2.40. The highest BCUT2D eigenvalue weighted by molar-refractivity contribution is 7.91. The smallest absolute Gasteiger partial charge is 0.210 e. The molecule has 8 heteroatoms. The standard InChI is InChI=1S/C21H22N2O5S/c1-26-18-12-16-17(13-19(18)27-2)22-14-20(21(16)23-8-10-28-11-9-23)29(24,25)15-6-4-3-5-7-15/h3-7,12-14H,8-11H2,1-2H3. The fourth-order valence-corrected chi connectivity index (χ4v) is 4.98. The lowest BCUT2D eigenvalue weighted by Crippen LogP contribution is -2.37. The van der Waals surface area contributed by atoms with Crippen LogP contribution >= 0.6 is 0 Å². The number of sulfone groups is 1. The van der Waals surface area contributed by atoms with Crippen molar-refractivity contribution < 1.29 is 22.6 Å². The summed E-state index contributed by atoms with van der Waals surface area (Å²) in [6.07, 6.45) is 1.43. The number of aromatic nitrogens is 1. The molecule has 29 heavy (non-hydrogen) atoms. The zero-order valence-electron chi connectivity index (χ0n) is 16.3. The van der Waals surface area contributed by atoms with Gasteiger partial charge in [0.1, 0.15) is 4.90 Å². The first-order valence-corrected chi connectivity index (χ1v) is 10.7. The number of ether oxygens (including phenoxy) is 3. The summed E-state index contributed by atoms with van der Waals surface area (Å²) in [6, 6.07) is 12.0. The first-order chi connectivity index (χ1) is 14.1. The normalized spacial score (nSPS) is 14.8. The third kappa shape index (κ3) is 3.49. The van der Waals surface area contributed by atoms with Gasteiger partial charge in [0.2, 0.25) is 9.84 Å². The summed E-state index contributed by atoms with van der Waals surface area (Å²) >= 11 is 0. The van der Waals surface area contributed by atoms with Crippen LogP contribution in [0.15, 0.2) is 58.5 Å². The molecule has 7 nitrogen and oxygen atoms in total. The first-order valence-electron chi connectivity index (χ1n) is 9.24. The van der Waals surface area contributed by atoms with Gasteiger partial charge >= 0.3 is 0 Å². The van der Waals surface area contributed by atoms with Gasteiger partial charge in [-0.3, -0.25) is 4.98 Å². The number of hydrogen-bond donors (Lipinski definition) is 0. The minimum absolute atomic E-state index is 0.172. The Kier molecular flexibility index (Phi) is 5.29. The van der Waals surface area contributed by atoms with E-state index in [0.717, 1.165) is 0 Å². The van der Waals surface area contributed by atoms with Crippen LogP contribution in [0.25, 0.3) is 10.9 Å². The number of anilines is 1. The summed E-state index contributed by atoms with van der Waals surface area (Å²) < 4.78 is 43.2. The molecule has 4 rings (SSSR count). The van der Waals surface area contributed by atoms with Gasteiger partial charge in [-0.15, -0.1) is 0 Å². The number of pyridine rings is 1. The van der Waals surface area contributed by atoms with Crippen molar-refractivity contribution in [1.82, 2.24) is 4.98 Å². The Labute approximate surface area is 169 Å². The van der Waals surface area contributed by atoms with Gasteiger partial charge in [0.05, 0.1) is 43.5 Å². The summed E-state index contributed by atoms with van der Waals surface area (Å²) in [6.45, 7) is 2.24. The molecule has 3 aromatic rings. The molecule has 1 aromatic heterocycles. The molecule has 1 aliphatic rings. The Balaban J connectivity index is 2.01. The van der Waals surface area contributed by atoms with Crippen LogP contribution in [0.4, 0.5) is 5.69 Å². The van der Waals surface area contributed by atoms with Crippen molar-refractivity contribution in [3.63, 3.8) is 0 Å². The SMILES string of the molecule is COc1cc2ncc(S(=O)(=O)c3ccccc3)c(N3CCOCC3)c2cc1OC. The van der Waals surface area contributed by atoms with E-state index in [1.54, 1.807) is 56.7 Å². The maximum atomic E-state index is 13.5. The Bertz CT molecular complexity index is 1130. The summed E-state index contributed by atoms with van der Waals surface area (Å²) in [5, 5.41) is 0.696. The topological polar surface area (TPSA) is 78.0 Å². The molecule has 2 aromatic carbocycles. The van der Waals surface area contributed by atoms with Crippen LogP contribution in [-0.4, -0.2) is 53.9 Å². The van der Waals surface area contributed by atoms with Gasteiger partial charge in [-0.25, -0.2) is 8.42 Å². The number of fused-ring (bicyclic) bond motifs is 1. The van der Waals surface area contributed by atoms with Crippen LogP contribution in [0.5, 0.6) is 11.5 Å². The van der Waals surface area contributed by atoms with Crippen molar-refractivity contribution in [2.45, 2.75) is 9.79 Å². The van der Waals surface area contributed by atoms with E-state index in [2.05, 4.69) is 4.98 Å². The van der Waals surface area contributed by atoms with E-state index in [1.807, 2.05) is 4.90 Å². The van der Waals surface area contributed by atoms with Crippen molar-refractivity contribution in [3.8, 4) is 11.5 Å². The Morgan fingerprint density at radius 1 is 1.00 bits per heavy atom. The number of hydrogen-bond acceptors (Lipinski definition) is 7. The highest BCUT2D eigenvalue weighted by atomic mass is 32.2. The molecular weight excluding hydrogens is 392 g/mol. The minimum atomic E-state index is -3.76. The van der Waals surface area contributed by atoms with Crippen LogP contribution in [0.2, 0.25) is 0 Å². The molecule has 0 N–H and O–H groups in total. The number of rotatable bonds is 5. The van der Waals surface area contributed by atoms with E-state index in [9.17, 15) is 8.42 Å². The number of benzene rings is 2. The van der Waals surface area contributed by atoms with E-state index >= 15 is 0 Å². The summed E-state index contributed by atoms with van der Waals surface area (Å²) in [4.78, 5) is 6.88. The van der Waals surface area contributed by atoms with Gasteiger partial charge in [-0.1, -0.05) is 18.2 Å². The molecule has 2 heterocycles. The molecule has 0 bridgehead atoms.